The Balaban J connectivity index is 1.17. The smallest absolute Gasteiger partial charge is 0.163 e. The Labute approximate surface area is 197 Å². The van der Waals surface area contributed by atoms with Crippen LogP contribution in [0.4, 0.5) is 5.82 Å². The van der Waals surface area contributed by atoms with E-state index in [1.54, 1.807) is 6.33 Å². The summed E-state index contributed by atoms with van der Waals surface area (Å²) in [5, 5.41) is 14.9. The molecule has 1 saturated carbocycles. The molecule has 1 aliphatic carbocycles. The number of morpholine rings is 1. The van der Waals surface area contributed by atoms with E-state index in [1.807, 2.05) is 0 Å². The van der Waals surface area contributed by atoms with Crippen molar-refractivity contribution in [2.75, 3.05) is 31.6 Å². The molecule has 9 heteroatoms. The lowest BCUT2D eigenvalue weighted by Gasteiger charge is -2.39. The highest BCUT2D eigenvalue weighted by Crippen LogP contribution is 2.34. The average Bonchev–Trinajstić information content (AvgIpc) is 3.59. The average molecular weight is 459 g/mol. The van der Waals surface area contributed by atoms with Gasteiger partial charge in [-0.3, -0.25) is 4.90 Å². The molecule has 2 fully saturated rings. The second kappa shape index (κ2) is 8.32. The van der Waals surface area contributed by atoms with Crippen LogP contribution >= 0.6 is 0 Å². The number of aromatic nitrogens is 6. The van der Waals surface area contributed by atoms with Crippen molar-refractivity contribution in [2.45, 2.75) is 57.2 Å². The molecule has 2 N–H and O–H groups in total. The number of fused-ring (bicyclic) bond motifs is 4. The first-order valence-electron chi connectivity index (χ1n) is 12.6. The third kappa shape index (κ3) is 3.45. The Morgan fingerprint density at radius 3 is 2.76 bits per heavy atom. The van der Waals surface area contributed by atoms with Crippen LogP contribution in [0.15, 0.2) is 24.5 Å². The van der Waals surface area contributed by atoms with Gasteiger partial charge >= 0.3 is 0 Å². The third-order valence-electron chi connectivity index (χ3n) is 7.86. The van der Waals surface area contributed by atoms with Gasteiger partial charge in [-0.2, -0.15) is 0 Å². The number of hydrogen-bond donors (Lipinski definition) is 2. The normalized spacial score (nSPS) is 23.5. The molecule has 0 unspecified atom stereocenters. The molecule has 7 rings (SSSR count). The van der Waals surface area contributed by atoms with Crippen molar-refractivity contribution in [1.82, 2.24) is 34.6 Å². The Hall–Kier alpha value is -3.04. The molecule has 0 bridgehead atoms. The number of aromatic amines is 1. The summed E-state index contributed by atoms with van der Waals surface area (Å²) in [6.45, 7) is 4.88. The van der Waals surface area contributed by atoms with Crippen LogP contribution < -0.4 is 5.32 Å². The second-order valence-corrected chi connectivity index (χ2v) is 9.82. The molecule has 0 radical (unpaired) electrons. The lowest BCUT2D eigenvalue weighted by Crippen LogP contribution is -2.46. The van der Waals surface area contributed by atoms with Crippen LogP contribution in [0.3, 0.4) is 0 Å². The standard InChI is InChI=1S/C25H30N8O/c1-2-21-30-31-25(33(21)9-1)16-3-8-20-19(14-16)22-23(26-15-27-24(22)29-20)28-17-4-6-18(7-5-17)32-10-12-34-13-11-32/h3,8,14-15,17-18H,1-2,4-7,9-13H2,(H2,26,27,28,29). The Morgan fingerprint density at radius 1 is 1.00 bits per heavy atom. The quantitative estimate of drug-likeness (QED) is 0.484. The maximum atomic E-state index is 5.53. The molecule has 34 heavy (non-hydrogen) atoms. The third-order valence-corrected chi connectivity index (χ3v) is 7.86. The fourth-order valence-electron chi connectivity index (χ4n) is 6.06. The minimum absolute atomic E-state index is 0.434. The SMILES string of the molecule is c1nc(NC2CCC(N3CCOCC3)CC2)c2c(n1)[nH]c1ccc(-c3nnc4n3CCC4)cc12. The predicted molar refractivity (Wildman–Crippen MR) is 131 cm³/mol. The van der Waals surface area contributed by atoms with E-state index in [9.17, 15) is 0 Å². The fraction of sp³-hybridized carbons (Fsp3) is 0.520. The van der Waals surface area contributed by atoms with Crippen molar-refractivity contribution in [1.29, 1.82) is 0 Å². The van der Waals surface area contributed by atoms with Crippen LogP contribution in [0.5, 0.6) is 0 Å². The van der Waals surface area contributed by atoms with Gasteiger partial charge in [-0.1, -0.05) is 0 Å². The summed E-state index contributed by atoms with van der Waals surface area (Å²) in [6, 6.07) is 7.59. The highest BCUT2D eigenvalue weighted by molar-refractivity contribution is 6.12. The molecule has 4 aromatic rings. The highest BCUT2D eigenvalue weighted by atomic mass is 16.5. The van der Waals surface area contributed by atoms with Crippen LogP contribution in [0, 0.1) is 0 Å². The molecule has 3 aromatic heterocycles. The number of nitrogens with zero attached hydrogens (tertiary/aromatic N) is 6. The van der Waals surface area contributed by atoms with Crippen molar-refractivity contribution < 1.29 is 4.74 Å². The van der Waals surface area contributed by atoms with E-state index < -0.39 is 0 Å². The second-order valence-electron chi connectivity index (χ2n) is 9.82. The summed E-state index contributed by atoms with van der Waals surface area (Å²) in [4.78, 5) is 15.3. The number of aryl methyl sites for hydroxylation is 1. The molecule has 3 aliphatic rings. The summed E-state index contributed by atoms with van der Waals surface area (Å²) >= 11 is 0. The Bertz CT molecular complexity index is 1330. The van der Waals surface area contributed by atoms with E-state index in [0.29, 0.717) is 12.1 Å². The predicted octanol–water partition coefficient (Wildman–Crippen LogP) is 3.37. The minimum atomic E-state index is 0.434. The van der Waals surface area contributed by atoms with Gasteiger partial charge in [-0.25, -0.2) is 9.97 Å². The Kier molecular flexibility index (Phi) is 4.98. The van der Waals surface area contributed by atoms with Crippen LogP contribution in [0.2, 0.25) is 0 Å². The first kappa shape index (κ1) is 20.3. The number of anilines is 1. The van der Waals surface area contributed by atoms with E-state index in [1.165, 1.54) is 12.8 Å². The molecule has 0 atom stereocenters. The molecular weight excluding hydrogens is 428 g/mol. The molecular formula is C25H30N8O. The van der Waals surface area contributed by atoms with Gasteiger partial charge < -0.3 is 19.6 Å². The highest BCUT2D eigenvalue weighted by Gasteiger charge is 2.28. The number of benzene rings is 1. The van der Waals surface area contributed by atoms with E-state index in [0.717, 1.165) is 103 Å². The van der Waals surface area contributed by atoms with Crippen molar-refractivity contribution in [3.63, 3.8) is 0 Å². The monoisotopic (exact) mass is 458 g/mol. The van der Waals surface area contributed by atoms with Gasteiger partial charge in [0.1, 0.15) is 23.6 Å². The fourth-order valence-corrected chi connectivity index (χ4v) is 6.06. The van der Waals surface area contributed by atoms with Crippen LogP contribution in [-0.4, -0.2) is 73.0 Å². The summed E-state index contributed by atoms with van der Waals surface area (Å²) in [5.74, 6) is 2.97. The topological polar surface area (TPSA) is 96.8 Å². The van der Waals surface area contributed by atoms with Gasteiger partial charge in [0, 0.05) is 54.6 Å². The molecule has 0 spiro atoms. The number of nitrogens with one attached hydrogen (secondary N) is 2. The van der Waals surface area contributed by atoms with Crippen molar-refractivity contribution in [3.05, 3.63) is 30.4 Å². The molecule has 9 nitrogen and oxygen atoms in total. The number of ether oxygens (including phenoxy) is 1. The maximum Gasteiger partial charge on any atom is 0.163 e. The number of rotatable bonds is 4. The van der Waals surface area contributed by atoms with E-state index in [4.69, 9.17) is 4.74 Å². The van der Waals surface area contributed by atoms with E-state index in [2.05, 4.69) is 58.1 Å². The lowest BCUT2D eigenvalue weighted by atomic mass is 9.90. The zero-order chi connectivity index (χ0) is 22.5. The van der Waals surface area contributed by atoms with E-state index >= 15 is 0 Å². The molecule has 176 valence electrons. The first-order valence-corrected chi connectivity index (χ1v) is 12.6. The molecule has 5 heterocycles. The van der Waals surface area contributed by atoms with Gasteiger partial charge in [0.25, 0.3) is 0 Å². The van der Waals surface area contributed by atoms with Gasteiger partial charge in [0.15, 0.2) is 5.82 Å². The molecule has 1 saturated heterocycles. The molecule has 0 amide bonds. The summed E-state index contributed by atoms with van der Waals surface area (Å²) in [5.41, 5.74) is 3.03. The molecule has 2 aliphatic heterocycles. The van der Waals surface area contributed by atoms with Crippen molar-refractivity contribution >= 4 is 27.8 Å². The van der Waals surface area contributed by atoms with Crippen molar-refractivity contribution in [2.24, 2.45) is 0 Å². The number of hydrogen-bond acceptors (Lipinski definition) is 7. The van der Waals surface area contributed by atoms with Gasteiger partial charge in [0.05, 0.1) is 18.6 Å². The summed E-state index contributed by atoms with van der Waals surface area (Å²) in [6.07, 6.45) is 8.58. The maximum absolute atomic E-state index is 5.53. The zero-order valence-corrected chi connectivity index (χ0v) is 19.3. The van der Waals surface area contributed by atoms with E-state index in [-0.39, 0.29) is 0 Å². The van der Waals surface area contributed by atoms with Crippen LogP contribution in [0.25, 0.3) is 33.3 Å². The van der Waals surface area contributed by atoms with Gasteiger partial charge in [-0.15, -0.1) is 10.2 Å². The largest absolute Gasteiger partial charge is 0.379 e. The first-order chi connectivity index (χ1) is 16.8. The summed E-state index contributed by atoms with van der Waals surface area (Å²) < 4.78 is 7.78. The number of H-pyrrole nitrogens is 1. The van der Waals surface area contributed by atoms with Gasteiger partial charge in [-0.05, 0) is 50.3 Å². The van der Waals surface area contributed by atoms with Crippen molar-refractivity contribution in [3.8, 4) is 11.4 Å². The molecule has 1 aromatic carbocycles. The lowest BCUT2D eigenvalue weighted by molar-refractivity contribution is 0.00791. The summed E-state index contributed by atoms with van der Waals surface area (Å²) in [7, 11) is 0. The van der Waals surface area contributed by atoms with Gasteiger partial charge in [0.2, 0.25) is 0 Å². The van der Waals surface area contributed by atoms with Crippen LogP contribution in [0.1, 0.15) is 37.9 Å². The Morgan fingerprint density at radius 2 is 1.88 bits per heavy atom. The zero-order valence-electron chi connectivity index (χ0n) is 19.3. The minimum Gasteiger partial charge on any atom is -0.379 e. The van der Waals surface area contributed by atoms with Crippen LogP contribution in [-0.2, 0) is 17.7 Å².